The molecule has 0 aromatic carbocycles. The number of rotatable bonds is 10. The summed E-state index contributed by atoms with van der Waals surface area (Å²) >= 11 is 0. The molecule has 1 aliphatic carbocycles. The predicted octanol–water partition coefficient (Wildman–Crippen LogP) is 3.60. The molecule has 0 amide bonds. The largest absolute Gasteiger partial charge is 2.00 e. The smallest absolute Gasteiger partial charge is 0.657 e. The van der Waals surface area contributed by atoms with Crippen molar-refractivity contribution in [2.75, 3.05) is 13.7 Å². The fraction of sp³-hybridized carbons (Fsp3) is 0.429. The van der Waals surface area contributed by atoms with Crippen LogP contribution >= 0.6 is 0 Å². The van der Waals surface area contributed by atoms with Gasteiger partial charge in [-0.2, -0.15) is 0 Å². The first-order valence-electron chi connectivity index (χ1n) is 18.1. The molecule has 1 fully saturated rings. The normalized spacial score (nSPS) is 22.7. The monoisotopic (exact) mass is 714 g/mol. The Morgan fingerprint density at radius 3 is 2.44 bits per heavy atom. The van der Waals surface area contributed by atoms with E-state index in [-0.39, 0.29) is 59.6 Å². The van der Waals surface area contributed by atoms with Crippen molar-refractivity contribution in [2.45, 2.75) is 86.6 Å². The Balaban J connectivity index is 0.00000523. The summed E-state index contributed by atoms with van der Waals surface area (Å²) in [4.78, 5) is 40.3. The zero-order chi connectivity index (χ0) is 36.7. The third kappa shape index (κ3) is 6.87. The summed E-state index contributed by atoms with van der Waals surface area (Å²) in [6, 6.07) is -0.408. The minimum atomic E-state index is -1.00. The van der Waals surface area contributed by atoms with Crippen LogP contribution in [-0.4, -0.2) is 64.8 Å². The third-order valence-electron chi connectivity index (χ3n) is 11.2. The van der Waals surface area contributed by atoms with Gasteiger partial charge >= 0.3 is 35.0 Å². The van der Waals surface area contributed by atoms with Gasteiger partial charge in [-0.25, -0.2) is 0 Å². The number of carbonyl (C=O) groups excluding carboxylic acids is 2. The maximum absolute atomic E-state index is 13.5. The second-order valence-electron chi connectivity index (χ2n) is 14.2. The first-order valence-corrected chi connectivity index (χ1v) is 18.1. The Morgan fingerprint density at radius 2 is 1.77 bits per heavy atom. The summed E-state index contributed by atoms with van der Waals surface area (Å²) in [7, 11) is 1.34. The van der Waals surface area contributed by atoms with Gasteiger partial charge in [0.25, 0.3) is 0 Å². The Hall–Kier alpha value is -4.15. The topological polar surface area (TPSA) is 129 Å². The standard InChI is InChI=1S/C42H50N4O5.Mg/c1-10-13-21(4)16-17-51-35(47)15-14-28-24(7)31-18-29-22(5)26(11-2)33(43-29)19-30-23(6)27(12-3)34(44-30)20-32-25(8)36-40(46-32)37(39(28)45-31)38(41(36)48)42(49)50-9;/h11,16,18-20,24,28,38-39,45-46,48H,2,10,12-15,17H2,1,3-9H3;/q-2;+2/b21-16+,30-19-,31-18-,34-20-;/t24-,28-,38+,39?;/m0./s1. The number of esters is 2. The molecule has 0 radical (unpaired) electrons. The number of ether oxygens (including phenoxy) is 2. The molecule has 1 saturated heterocycles. The van der Waals surface area contributed by atoms with E-state index in [0.717, 1.165) is 80.6 Å². The van der Waals surface area contributed by atoms with Crippen LogP contribution in [0.25, 0.3) is 35.6 Å². The molecule has 0 spiro atoms. The average Bonchev–Trinajstić information content (AvgIpc) is 3.84. The molecule has 270 valence electrons. The molecule has 52 heavy (non-hydrogen) atoms. The van der Waals surface area contributed by atoms with Gasteiger partial charge < -0.3 is 34.8 Å². The number of aliphatic hydroxyl groups is 1. The molecule has 3 aromatic heterocycles. The Bertz CT molecular complexity index is 2230. The van der Waals surface area contributed by atoms with Crippen LogP contribution in [0, 0.1) is 38.5 Å². The number of aliphatic hydroxyl groups excluding tert-OH is 1. The maximum atomic E-state index is 13.5. The number of allylic oxidation sites excluding steroid dienone is 2. The van der Waals surface area contributed by atoms with Gasteiger partial charge in [0.15, 0.2) is 0 Å². The maximum Gasteiger partial charge on any atom is 2.00 e. The van der Waals surface area contributed by atoms with Crippen LogP contribution in [0.15, 0.2) is 23.9 Å². The van der Waals surface area contributed by atoms with Crippen LogP contribution in [0.3, 0.4) is 0 Å². The second kappa shape index (κ2) is 15.8. The number of H-pyrrole nitrogens is 1. The van der Waals surface area contributed by atoms with Gasteiger partial charge in [-0.1, -0.05) is 80.3 Å². The zero-order valence-corrected chi connectivity index (χ0v) is 33.2. The van der Waals surface area contributed by atoms with Crippen LogP contribution in [0.1, 0.15) is 98.3 Å². The van der Waals surface area contributed by atoms with E-state index in [4.69, 9.17) is 19.4 Å². The summed E-state index contributed by atoms with van der Waals surface area (Å²) < 4.78 is 10.9. The Labute approximate surface area is 321 Å². The SMILES string of the molecule is C=Cc1c2[n-]c(c1C)/C=C1\NC(C3=c4[nH]c(c(C)c4=C(O)[C@@H]3C(=O)OC)/C=c3\[n-]/c(c(C)c3CC)=C\2)[C@@H](CCC(=O)OC/C=C(\C)CCC)[C@@H]1C.[Mg+2]. The number of nitrogens with zero attached hydrogens (tertiary/aromatic N) is 2. The number of aromatic amines is 1. The summed E-state index contributed by atoms with van der Waals surface area (Å²) in [6.45, 7) is 18.9. The fourth-order valence-electron chi connectivity index (χ4n) is 8.25. The summed E-state index contributed by atoms with van der Waals surface area (Å²) in [6.07, 6.45) is 13.5. The van der Waals surface area contributed by atoms with Gasteiger partial charge in [0.1, 0.15) is 18.3 Å². The van der Waals surface area contributed by atoms with Gasteiger partial charge in [0, 0.05) is 28.9 Å². The number of hydrogen-bond acceptors (Lipinski definition) is 6. The number of nitrogens with one attached hydrogen (secondary N) is 2. The van der Waals surface area contributed by atoms with Crippen molar-refractivity contribution in [1.29, 1.82) is 0 Å². The van der Waals surface area contributed by atoms with Gasteiger partial charge in [0.2, 0.25) is 0 Å². The van der Waals surface area contributed by atoms with Crippen LogP contribution in [0.2, 0.25) is 0 Å². The van der Waals surface area contributed by atoms with Crippen molar-refractivity contribution >= 4 is 70.6 Å². The van der Waals surface area contributed by atoms with Crippen molar-refractivity contribution in [3.63, 3.8) is 0 Å². The molecule has 9 nitrogen and oxygen atoms in total. The molecule has 3 aromatic rings. The van der Waals surface area contributed by atoms with E-state index in [2.05, 4.69) is 57.6 Å². The minimum absolute atomic E-state index is 0. The number of aromatic nitrogens is 3. The van der Waals surface area contributed by atoms with Gasteiger partial charge in [-0.3, -0.25) is 9.59 Å². The van der Waals surface area contributed by atoms with Gasteiger partial charge in [-0.15, -0.1) is 22.1 Å². The Morgan fingerprint density at radius 1 is 1.02 bits per heavy atom. The van der Waals surface area contributed by atoms with Crippen molar-refractivity contribution in [3.8, 4) is 0 Å². The van der Waals surface area contributed by atoms with Gasteiger partial charge in [0.05, 0.1) is 18.5 Å². The quantitative estimate of drug-likeness (QED) is 0.165. The van der Waals surface area contributed by atoms with E-state index in [0.29, 0.717) is 22.6 Å². The summed E-state index contributed by atoms with van der Waals surface area (Å²) in [5, 5.41) is 18.6. The molecular weight excluding hydrogens is 665 g/mol. The zero-order valence-electron chi connectivity index (χ0n) is 31.8. The molecule has 3 aliphatic rings. The van der Waals surface area contributed by atoms with Crippen molar-refractivity contribution in [1.82, 2.24) is 20.3 Å². The first-order chi connectivity index (χ1) is 24.4. The van der Waals surface area contributed by atoms with Crippen molar-refractivity contribution < 1.29 is 24.2 Å². The van der Waals surface area contributed by atoms with E-state index in [9.17, 15) is 14.7 Å². The van der Waals surface area contributed by atoms with Gasteiger partial charge in [-0.05, 0) is 75.7 Å². The Kier molecular flexibility index (Phi) is 11.9. The van der Waals surface area contributed by atoms with Crippen molar-refractivity contribution in [3.05, 3.63) is 90.1 Å². The van der Waals surface area contributed by atoms with E-state index < -0.39 is 17.9 Å². The van der Waals surface area contributed by atoms with E-state index in [1.54, 1.807) is 0 Å². The molecule has 4 atom stereocenters. The molecule has 2 aliphatic heterocycles. The molecule has 1 unspecified atom stereocenters. The molecule has 10 heteroatoms. The molecule has 5 heterocycles. The van der Waals surface area contributed by atoms with Crippen LogP contribution in [-0.2, 0) is 25.5 Å². The molecule has 6 rings (SSSR count). The number of hydrogen-bond donors (Lipinski definition) is 3. The fourth-order valence-corrected chi connectivity index (χ4v) is 8.25. The third-order valence-corrected chi connectivity index (χ3v) is 11.2. The van der Waals surface area contributed by atoms with Crippen LogP contribution < -0.4 is 36.6 Å². The van der Waals surface area contributed by atoms with E-state index in [1.807, 2.05) is 38.2 Å². The molecule has 8 bridgehead atoms. The number of fused-ring (bicyclic) bond motifs is 8. The first kappa shape index (κ1) is 39.1. The molecular formula is C42H50MgN4O5. The second-order valence-corrected chi connectivity index (χ2v) is 14.2. The number of carbonyl (C=O) groups is 2. The van der Waals surface area contributed by atoms with Crippen LogP contribution in [0.5, 0.6) is 0 Å². The van der Waals surface area contributed by atoms with E-state index >= 15 is 0 Å². The minimum Gasteiger partial charge on any atom is -0.657 e. The van der Waals surface area contributed by atoms with Crippen molar-refractivity contribution in [2.24, 2.45) is 17.8 Å². The van der Waals surface area contributed by atoms with Crippen LogP contribution in [0.4, 0.5) is 0 Å². The average molecular weight is 715 g/mol. The molecule has 0 saturated carbocycles. The summed E-state index contributed by atoms with van der Waals surface area (Å²) in [5.74, 6) is -2.02. The van der Waals surface area contributed by atoms with E-state index in [1.165, 1.54) is 12.7 Å². The molecule has 3 N–H and O–H groups in total. The number of methoxy groups -OCH3 is 1. The summed E-state index contributed by atoms with van der Waals surface area (Å²) in [5.41, 5.74) is 10.3. The predicted molar refractivity (Wildman–Crippen MR) is 207 cm³/mol.